The zero-order chi connectivity index (χ0) is 10.1. The molecule has 13 heavy (non-hydrogen) atoms. The molecular weight excluding hydrogens is 162 g/mol. The lowest BCUT2D eigenvalue weighted by Crippen LogP contribution is -2.47. The molecule has 1 amide bonds. The fourth-order valence-electron chi connectivity index (χ4n) is 1.95. The van der Waals surface area contributed by atoms with E-state index < -0.39 is 0 Å². The van der Waals surface area contributed by atoms with Crippen LogP contribution in [0.5, 0.6) is 0 Å². The van der Waals surface area contributed by atoms with Crippen LogP contribution in [-0.2, 0) is 4.79 Å². The Morgan fingerprint density at radius 1 is 1.46 bits per heavy atom. The van der Waals surface area contributed by atoms with Gasteiger partial charge in [0.1, 0.15) is 0 Å². The van der Waals surface area contributed by atoms with Gasteiger partial charge in [-0.25, -0.2) is 0 Å². The van der Waals surface area contributed by atoms with Gasteiger partial charge in [0.2, 0.25) is 5.91 Å². The molecule has 0 aromatic rings. The molecule has 0 aromatic heterocycles. The molecule has 1 rings (SSSR count). The van der Waals surface area contributed by atoms with Crippen molar-refractivity contribution in [2.45, 2.75) is 53.0 Å². The molecule has 2 nitrogen and oxygen atoms in total. The van der Waals surface area contributed by atoms with E-state index in [1.165, 1.54) is 19.3 Å². The van der Waals surface area contributed by atoms with E-state index in [0.717, 1.165) is 5.92 Å². The zero-order valence-electron chi connectivity index (χ0n) is 9.18. The quantitative estimate of drug-likeness (QED) is 0.715. The monoisotopic (exact) mass is 183 g/mol. The fourth-order valence-corrected chi connectivity index (χ4v) is 1.95. The second kappa shape index (κ2) is 3.69. The number of nitrogens with one attached hydrogen (secondary N) is 1. The maximum absolute atomic E-state index is 10.8. The molecule has 2 heteroatoms. The highest BCUT2D eigenvalue weighted by atomic mass is 16.1. The average molecular weight is 183 g/mol. The summed E-state index contributed by atoms with van der Waals surface area (Å²) >= 11 is 0. The summed E-state index contributed by atoms with van der Waals surface area (Å²) in [7, 11) is 0. The van der Waals surface area contributed by atoms with Crippen molar-refractivity contribution >= 4 is 5.91 Å². The predicted molar refractivity (Wildman–Crippen MR) is 54.4 cm³/mol. The molecule has 0 aromatic carbocycles. The summed E-state index contributed by atoms with van der Waals surface area (Å²) in [6.07, 6.45) is 3.56. The van der Waals surface area contributed by atoms with Gasteiger partial charge in [-0.15, -0.1) is 0 Å². The summed E-state index contributed by atoms with van der Waals surface area (Å²) in [4.78, 5) is 10.8. The topological polar surface area (TPSA) is 29.1 Å². The van der Waals surface area contributed by atoms with E-state index >= 15 is 0 Å². The van der Waals surface area contributed by atoms with Crippen LogP contribution < -0.4 is 5.32 Å². The molecule has 1 aliphatic carbocycles. The minimum Gasteiger partial charge on any atom is -0.354 e. The smallest absolute Gasteiger partial charge is 0.217 e. The molecule has 0 radical (unpaired) electrons. The van der Waals surface area contributed by atoms with Gasteiger partial charge in [-0.3, -0.25) is 4.79 Å². The third kappa shape index (κ3) is 2.45. The van der Waals surface area contributed by atoms with Crippen molar-refractivity contribution in [3.63, 3.8) is 0 Å². The minimum absolute atomic E-state index is 0.109. The number of carbonyl (C=O) groups excluding carboxylic acids is 1. The Morgan fingerprint density at radius 2 is 2.00 bits per heavy atom. The molecular formula is C11H21NO. The Bertz CT molecular complexity index is 192. The van der Waals surface area contributed by atoms with Crippen LogP contribution in [0.25, 0.3) is 0 Å². The van der Waals surface area contributed by atoms with Gasteiger partial charge in [0.25, 0.3) is 0 Å². The number of hydrogen-bond acceptors (Lipinski definition) is 1. The van der Waals surface area contributed by atoms with Gasteiger partial charge in [-0.1, -0.05) is 27.2 Å². The molecule has 0 bridgehead atoms. The number of rotatable bonds is 3. The third-order valence-electron chi connectivity index (χ3n) is 3.56. The Labute approximate surface area is 81.1 Å². The Kier molecular flexibility index (Phi) is 2.99. The SMILES string of the molecule is CCC(C)(C)C1CC(NC(C)=O)C1. The first kappa shape index (κ1) is 10.6. The highest BCUT2D eigenvalue weighted by molar-refractivity contribution is 5.73. The van der Waals surface area contributed by atoms with Crippen LogP contribution in [0.4, 0.5) is 0 Å². The normalized spacial score (nSPS) is 28.0. The molecule has 0 unspecified atom stereocenters. The highest BCUT2D eigenvalue weighted by Crippen LogP contribution is 2.43. The second-order valence-corrected chi connectivity index (χ2v) is 4.91. The third-order valence-corrected chi connectivity index (χ3v) is 3.56. The number of amides is 1. The van der Waals surface area contributed by atoms with E-state index in [9.17, 15) is 4.79 Å². The lowest BCUT2D eigenvalue weighted by molar-refractivity contribution is -0.121. The largest absolute Gasteiger partial charge is 0.354 e. The van der Waals surface area contributed by atoms with Gasteiger partial charge in [0.15, 0.2) is 0 Å². The van der Waals surface area contributed by atoms with Crippen molar-refractivity contribution in [3.8, 4) is 0 Å². The van der Waals surface area contributed by atoms with E-state index in [4.69, 9.17) is 0 Å². The van der Waals surface area contributed by atoms with Gasteiger partial charge < -0.3 is 5.32 Å². The van der Waals surface area contributed by atoms with Crippen LogP contribution in [0, 0.1) is 11.3 Å². The Morgan fingerprint density at radius 3 is 2.38 bits per heavy atom. The van der Waals surface area contributed by atoms with E-state index in [1.54, 1.807) is 6.92 Å². The van der Waals surface area contributed by atoms with Crippen molar-refractivity contribution in [1.82, 2.24) is 5.32 Å². The van der Waals surface area contributed by atoms with E-state index in [-0.39, 0.29) is 5.91 Å². The summed E-state index contributed by atoms with van der Waals surface area (Å²) < 4.78 is 0. The van der Waals surface area contributed by atoms with Gasteiger partial charge >= 0.3 is 0 Å². The van der Waals surface area contributed by atoms with Crippen molar-refractivity contribution in [2.75, 3.05) is 0 Å². The molecule has 0 atom stereocenters. The van der Waals surface area contributed by atoms with Crippen LogP contribution in [0.3, 0.4) is 0 Å². The number of carbonyl (C=O) groups is 1. The fraction of sp³-hybridized carbons (Fsp3) is 0.909. The molecule has 1 fully saturated rings. The predicted octanol–water partition coefficient (Wildman–Crippen LogP) is 2.34. The molecule has 0 heterocycles. The van der Waals surface area contributed by atoms with Crippen molar-refractivity contribution in [2.24, 2.45) is 11.3 Å². The molecule has 0 spiro atoms. The van der Waals surface area contributed by atoms with Gasteiger partial charge in [0, 0.05) is 13.0 Å². The molecule has 76 valence electrons. The van der Waals surface area contributed by atoms with Crippen LogP contribution >= 0.6 is 0 Å². The standard InChI is InChI=1S/C11H21NO/c1-5-11(3,4)9-6-10(7-9)12-8(2)13/h9-10H,5-7H2,1-4H3,(H,12,13). The Hall–Kier alpha value is -0.530. The van der Waals surface area contributed by atoms with Gasteiger partial charge in [-0.2, -0.15) is 0 Å². The maximum Gasteiger partial charge on any atom is 0.217 e. The zero-order valence-corrected chi connectivity index (χ0v) is 9.18. The van der Waals surface area contributed by atoms with Crippen molar-refractivity contribution < 1.29 is 4.79 Å². The summed E-state index contributed by atoms with van der Waals surface area (Å²) in [6.45, 7) is 8.48. The summed E-state index contributed by atoms with van der Waals surface area (Å²) in [6, 6.07) is 0.452. The van der Waals surface area contributed by atoms with E-state index in [2.05, 4.69) is 26.1 Å². The average Bonchev–Trinajstić information content (AvgIpc) is 1.95. The molecule has 1 saturated carbocycles. The van der Waals surface area contributed by atoms with E-state index in [0.29, 0.717) is 11.5 Å². The highest BCUT2D eigenvalue weighted by Gasteiger charge is 2.38. The van der Waals surface area contributed by atoms with Crippen LogP contribution in [-0.4, -0.2) is 11.9 Å². The van der Waals surface area contributed by atoms with Crippen LogP contribution in [0.2, 0.25) is 0 Å². The lowest BCUT2D eigenvalue weighted by atomic mass is 9.64. The first-order chi connectivity index (χ1) is 5.95. The first-order valence-electron chi connectivity index (χ1n) is 5.23. The van der Waals surface area contributed by atoms with E-state index in [1.807, 2.05) is 0 Å². The first-order valence-corrected chi connectivity index (χ1v) is 5.23. The minimum atomic E-state index is 0.109. The summed E-state index contributed by atoms with van der Waals surface area (Å²) in [5.74, 6) is 0.909. The Balaban J connectivity index is 2.29. The van der Waals surface area contributed by atoms with Crippen molar-refractivity contribution in [3.05, 3.63) is 0 Å². The van der Waals surface area contributed by atoms with Gasteiger partial charge in [0.05, 0.1) is 0 Å². The lowest BCUT2D eigenvalue weighted by Gasteiger charge is -2.45. The van der Waals surface area contributed by atoms with Gasteiger partial charge in [-0.05, 0) is 24.2 Å². The van der Waals surface area contributed by atoms with Crippen molar-refractivity contribution in [1.29, 1.82) is 0 Å². The summed E-state index contributed by atoms with van der Waals surface area (Å²) in [5, 5.41) is 2.97. The maximum atomic E-state index is 10.8. The van der Waals surface area contributed by atoms with Crippen LogP contribution in [0.1, 0.15) is 47.0 Å². The molecule has 0 saturated heterocycles. The number of hydrogen-bond donors (Lipinski definition) is 1. The summed E-state index contributed by atoms with van der Waals surface area (Å²) in [5.41, 5.74) is 0.453. The van der Waals surface area contributed by atoms with Crippen LogP contribution in [0.15, 0.2) is 0 Å². The molecule has 0 aliphatic heterocycles. The molecule has 1 N–H and O–H groups in total. The molecule has 1 aliphatic rings. The second-order valence-electron chi connectivity index (χ2n) is 4.91.